The molecule has 0 saturated carbocycles. The number of hydrogen-bond donors (Lipinski definition) is 1. The quantitative estimate of drug-likeness (QED) is 0.290. The van der Waals surface area contributed by atoms with Gasteiger partial charge in [-0.25, -0.2) is 4.39 Å². The Morgan fingerprint density at radius 3 is 2.59 bits per heavy atom. The van der Waals surface area contributed by atoms with E-state index in [1.165, 1.54) is 36.8 Å². The molecule has 0 fully saturated rings. The number of benzene rings is 2. The maximum absolute atomic E-state index is 14.3. The summed E-state index contributed by atoms with van der Waals surface area (Å²) in [5.74, 6) is -1.61. The summed E-state index contributed by atoms with van der Waals surface area (Å²) in [5, 5.41) is 11.4. The Morgan fingerprint density at radius 1 is 1.16 bits per heavy atom. The lowest BCUT2D eigenvalue weighted by atomic mass is 10.0. The van der Waals surface area contributed by atoms with Gasteiger partial charge in [-0.3, -0.25) is 0 Å². The Hall–Kier alpha value is -3.09. The highest BCUT2D eigenvalue weighted by atomic mass is 35.5. The first-order valence-electron chi connectivity index (χ1n) is 8.68. The molecule has 13 heteroatoms. The predicted molar refractivity (Wildman–Crippen MR) is 109 cm³/mol. The monoisotopic (exact) mass is 486 g/mol. The van der Waals surface area contributed by atoms with E-state index in [4.69, 9.17) is 20.9 Å². The van der Waals surface area contributed by atoms with E-state index in [0.717, 1.165) is 0 Å². The molecule has 0 aliphatic carbocycles. The van der Waals surface area contributed by atoms with E-state index in [2.05, 4.69) is 20.1 Å². The third kappa shape index (κ3) is 4.42. The molecule has 0 aliphatic heterocycles. The van der Waals surface area contributed by atoms with Crippen molar-refractivity contribution in [3.8, 4) is 22.6 Å². The van der Waals surface area contributed by atoms with E-state index >= 15 is 0 Å². The standard InChI is InChI=1S/C19H11ClF4N4O3S/c1-32(29)28-18-11-5-13(20)17(7-16(11)31-27-18)30-15-6-14(21)12(19(22,23)24)4-10(15)9-2-3-25-26-8-9/h2-8H,1H3,(H,27,28). The first kappa shape index (κ1) is 22.1. The van der Waals surface area contributed by atoms with Crippen molar-refractivity contribution in [1.82, 2.24) is 15.4 Å². The molecule has 1 N–H and O–H groups in total. The van der Waals surface area contributed by atoms with Crippen LogP contribution >= 0.6 is 11.6 Å². The molecule has 32 heavy (non-hydrogen) atoms. The number of anilines is 1. The number of nitrogens with zero attached hydrogens (tertiary/aromatic N) is 3. The van der Waals surface area contributed by atoms with Gasteiger partial charge in [-0.15, -0.1) is 0 Å². The predicted octanol–water partition coefficient (Wildman–Crippen LogP) is 5.59. The number of aromatic nitrogens is 3. The van der Waals surface area contributed by atoms with Crippen LogP contribution in [0.3, 0.4) is 0 Å². The first-order valence-corrected chi connectivity index (χ1v) is 10.6. The van der Waals surface area contributed by atoms with Gasteiger partial charge in [0, 0.05) is 23.3 Å². The average molecular weight is 487 g/mol. The number of rotatable bonds is 5. The maximum Gasteiger partial charge on any atom is 0.419 e. The van der Waals surface area contributed by atoms with Gasteiger partial charge in [0.25, 0.3) is 0 Å². The third-order valence-electron chi connectivity index (χ3n) is 4.25. The van der Waals surface area contributed by atoms with Crippen molar-refractivity contribution in [2.24, 2.45) is 0 Å². The summed E-state index contributed by atoms with van der Waals surface area (Å²) in [6, 6.07) is 5.38. The molecule has 1 atom stereocenters. The fourth-order valence-electron chi connectivity index (χ4n) is 2.88. The molecule has 4 rings (SSSR count). The van der Waals surface area contributed by atoms with Crippen LogP contribution in [0.25, 0.3) is 22.1 Å². The fraction of sp³-hybridized carbons (Fsp3) is 0.105. The van der Waals surface area contributed by atoms with E-state index in [-0.39, 0.29) is 39.0 Å². The molecule has 166 valence electrons. The first-order chi connectivity index (χ1) is 15.1. The number of ether oxygens (including phenoxy) is 1. The number of fused-ring (bicyclic) bond motifs is 1. The molecule has 2 aromatic carbocycles. The van der Waals surface area contributed by atoms with E-state index in [1.807, 2.05) is 0 Å². The molecule has 0 radical (unpaired) electrons. The highest BCUT2D eigenvalue weighted by molar-refractivity contribution is 7.92. The maximum atomic E-state index is 14.3. The summed E-state index contributed by atoms with van der Waals surface area (Å²) in [7, 11) is 0. The van der Waals surface area contributed by atoms with Crippen molar-refractivity contribution in [2.75, 3.05) is 11.0 Å². The van der Waals surface area contributed by atoms with Gasteiger partial charge in [-0.1, -0.05) is 16.8 Å². The minimum atomic E-state index is -4.92. The summed E-state index contributed by atoms with van der Waals surface area (Å²) in [5.41, 5.74) is -1.13. The topological polar surface area (TPSA) is 96.1 Å². The van der Waals surface area contributed by atoms with Gasteiger partial charge < -0.3 is 13.8 Å². The molecule has 0 amide bonds. The number of nitrogens with one attached hydrogen (secondary N) is 1. The van der Waals surface area contributed by atoms with E-state index in [9.17, 15) is 22.1 Å². The number of hydrogen-bond acceptors (Lipinski definition) is 7. The lowest BCUT2D eigenvalue weighted by Gasteiger charge is -2.16. The Bertz CT molecular complexity index is 1290. The van der Waals surface area contributed by atoms with Crippen LogP contribution in [-0.2, 0) is 17.5 Å². The molecule has 2 aromatic heterocycles. The van der Waals surface area contributed by atoms with Gasteiger partial charge in [0.05, 0.1) is 39.7 Å². The summed E-state index contributed by atoms with van der Waals surface area (Å²) in [6.07, 6.45) is -1.04. The Labute approximate surface area is 185 Å². The normalized spacial score (nSPS) is 12.7. The number of halogens is 5. The lowest BCUT2D eigenvalue weighted by Crippen LogP contribution is -2.09. The van der Waals surface area contributed by atoms with Crippen LogP contribution < -0.4 is 9.46 Å². The highest BCUT2D eigenvalue weighted by Crippen LogP contribution is 2.42. The Kier molecular flexibility index (Phi) is 5.84. The molecule has 0 bridgehead atoms. The molecular weight excluding hydrogens is 476 g/mol. The van der Waals surface area contributed by atoms with Crippen LogP contribution in [0.2, 0.25) is 5.02 Å². The smallest absolute Gasteiger partial charge is 0.419 e. The Balaban J connectivity index is 1.81. The van der Waals surface area contributed by atoms with Gasteiger partial charge in [0.1, 0.15) is 23.6 Å². The van der Waals surface area contributed by atoms with Crippen molar-refractivity contribution in [1.29, 1.82) is 0 Å². The zero-order chi connectivity index (χ0) is 23.0. The second kappa shape index (κ2) is 8.45. The van der Waals surface area contributed by atoms with Crippen LogP contribution in [0.4, 0.5) is 23.4 Å². The fourth-order valence-corrected chi connectivity index (χ4v) is 3.50. The van der Waals surface area contributed by atoms with Crippen molar-refractivity contribution >= 4 is 39.7 Å². The molecule has 4 aromatic rings. The molecule has 0 aliphatic rings. The summed E-state index contributed by atoms with van der Waals surface area (Å²) >= 11 is 4.84. The van der Waals surface area contributed by atoms with Gasteiger partial charge in [-0.05, 0) is 18.2 Å². The van der Waals surface area contributed by atoms with E-state index in [0.29, 0.717) is 17.5 Å². The van der Waals surface area contributed by atoms with Crippen molar-refractivity contribution < 1.29 is 31.4 Å². The van der Waals surface area contributed by atoms with Gasteiger partial charge in [0.2, 0.25) is 5.82 Å². The lowest BCUT2D eigenvalue weighted by molar-refractivity contribution is -0.139. The Morgan fingerprint density at radius 2 is 1.94 bits per heavy atom. The summed E-state index contributed by atoms with van der Waals surface area (Å²) < 4.78 is 78.9. The van der Waals surface area contributed by atoms with Gasteiger partial charge in [0.15, 0.2) is 5.58 Å². The van der Waals surface area contributed by atoms with Gasteiger partial charge >= 0.3 is 6.18 Å². The molecule has 7 nitrogen and oxygen atoms in total. The van der Waals surface area contributed by atoms with Crippen LogP contribution in [0, 0.1) is 5.82 Å². The van der Waals surface area contributed by atoms with Crippen LogP contribution in [-0.4, -0.2) is 26.2 Å². The SMILES string of the molecule is C[S+]([O-])Nc1noc2cc(Oc3cc(F)c(C(F)(F)F)cc3-c3ccnnc3)c(Cl)cc12. The van der Waals surface area contributed by atoms with Crippen molar-refractivity contribution in [3.63, 3.8) is 0 Å². The van der Waals surface area contributed by atoms with E-state index in [1.54, 1.807) is 0 Å². The molecule has 0 saturated heterocycles. The minimum absolute atomic E-state index is 0.0260. The average Bonchev–Trinajstić information content (AvgIpc) is 3.09. The van der Waals surface area contributed by atoms with Crippen LogP contribution in [0.1, 0.15) is 5.56 Å². The zero-order valence-electron chi connectivity index (χ0n) is 15.9. The van der Waals surface area contributed by atoms with Crippen LogP contribution in [0.15, 0.2) is 47.2 Å². The molecule has 2 heterocycles. The minimum Gasteiger partial charge on any atom is -0.593 e. The largest absolute Gasteiger partial charge is 0.593 e. The molecule has 0 spiro atoms. The van der Waals surface area contributed by atoms with Crippen molar-refractivity contribution in [3.05, 3.63) is 59.1 Å². The molecular formula is C19H11ClF4N4O3S. The van der Waals surface area contributed by atoms with Crippen LogP contribution in [0.5, 0.6) is 11.5 Å². The summed E-state index contributed by atoms with van der Waals surface area (Å²) in [4.78, 5) is 0. The summed E-state index contributed by atoms with van der Waals surface area (Å²) in [6.45, 7) is 0. The zero-order valence-corrected chi connectivity index (χ0v) is 17.5. The van der Waals surface area contributed by atoms with Gasteiger partial charge in [-0.2, -0.15) is 28.1 Å². The number of alkyl halides is 3. The highest BCUT2D eigenvalue weighted by Gasteiger charge is 2.35. The second-order valence-electron chi connectivity index (χ2n) is 6.43. The third-order valence-corrected chi connectivity index (χ3v) is 5.03. The van der Waals surface area contributed by atoms with E-state index < -0.39 is 28.9 Å². The second-order valence-corrected chi connectivity index (χ2v) is 7.94. The van der Waals surface area contributed by atoms with Crippen molar-refractivity contribution in [2.45, 2.75) is 6.18 Å². The molecule has 1 unspecified atom stereocenters.